The van der Waals surface area contributed by atoms with E-state index in [0.717, 1.165) is 0 Å². The Morgan fingerprint density at radius 3 is 2.37 bits per heavy atom. The standard InChI is InChI=1S/C12H9Cl3N2O.Te/c1-17(2)12(18)11-10(15)9(14)8-6(13)4-3-5-7(8)16-11;/h3-5H,1-2H3;. The van der Waals surface area contributed by atoms with Crippen molar-refractivity contribution >= 4 is 75.3 Å². The van der Waals surface area contributed by atoms with Gasteiger partial charge in [0, 0.05) is 43.1 Å². The Bertz CT molecular complexity index is 646. The fourth-order valence-electron chi connectivity index (χ4n) is 1.56. The Morgan fingerprint density at radius 2 is 1.79 bits per heavy atom. The number of hydrogen-bond acceptors (Lipinski definition) is 2. The number of rotatable bonds is 1. The zero-order valence-electron chi connectivity index (χ0n) is 10.1. The van der Waals surface area contributed by atoms with Gasteiger partial charge in [0.15, 0.2) is 0 Å². The minimum absolute atomic E-state index is 0. The number of carbonyl (C=O) groups excluding carboxylic acids is 1. The summed E-state index contributed by atoms with van der Waals surface area (Å²) >= 11 is 18.3. The molecule has 19 heavy (non-hydrogen) atoms. The van der Waals surface area contributed by atoms with Gasteiger partial charge in [-0.2, -0.15) is 0 Å². The van der Waals surface area contributed by atoms with Crippen LogP contribution in [0.4, 0.5) is 0 Å². The molecule has 0 unspecified atom stereocenters. The maximum absolute atomic E-state index is 11.9. The Kier molecular flexibility index (Phi) is 5.73. The van der Waals surface area contributed by atoms with Gasteiger partial charge in [-0.3, -0.25) is 4.79 Å². The maximum Gasteiger partial charge on any atom is 0.273 e. The van der Waals surface area contributed by atoms with Crippen LogP contribution in [0.1, 0.15) is 10.5 Å². The molecular formula is C12H9Cl3N2OTe. The van der Waals surface area contributed by atoms with Crippen molar-refractivity contribution < 1.29 is 4.79 Å². The minimum Gasteiger partial charge on any atom is -0.343 e. The number of aromatic nitrogens is 1. The normalized spacial score (nSPS) is 10.2. The third-order valence-electron chi connectivity index (χ3n) is 2.45. The second-order valence-electron chi connectivity index (χ2n) is 3.92. The van der Waals surface area contributed by atoms with Crippen LogP contribution < -0.4 is 0 Å². The van der Waals surface area contributed by atoms with Crippen LogP contribution in [0.5, 0.6) is 0 Å². The van der Waals surface area contributed by atoms with E-state index in [1.54, 1.807) is 32.3 Å². The molecule has 2 aromatic rings. The number of amides is 1. The summed E-state index contributed by atoms with van der Waals surface area (Å²) in [6.45, 7) is 0. The summed E-state index contributed by atoms with van der Waals surface area (Å²) < 4.78 is 0. The van der Waals surface area contributed by atoms with Crippen LogP contribution in [-0.2, 0) is 0 Å². The Labute approximate surface area is 142 Å². The van der Waals surface area contributed by atoms with Gasteiger partial charge in [-0.1, -0.05) is 40.9 Å². The van der Waals surface area contributed by atoms with Crippen LogP contribution in [0, 0.1) is 0 Å². The molecule has 0 fully saturated rings. The molecule has 3 nitrogen and oxygen atoms in total. The quantitative estimate of drug-likeness (QED) is 0.648. The Balaban J connectivity index is 0.00000180. The molecule has 0 N–H and O–H groups in total. The average Bonchev–Trinajstić information content (AvgIpc) is 2.32. The van der Waals surface area contributed by atoms with Crippen LogP contribution in [0.2, 0.25) is 15.1 Å². The molecule has 0 aliphatic rings. The van der Waals surface area contributed by atoms with Crippen molar-refractivity contribution in [3.8, 4) is 0 Å². The Morgan fingerprint density at radius 1 is 1.16 bits per heavy atom. The minimum atomic E-state index is -0.302. The van der Waals surface area contributed by atoms with Gasteiger partial charge in [-0.05, 0) is 12.1 Å². The first kappa shape index (κ1) is 16.8. The second-order valence-corrected chi connectivity index (χ2v) is 5.09. The van der Waals surface area contributed by atoms with E-state index in [2.05, 4.69) is 4.98 Å². The number of pyridine rings is 1. The van der Waals surface area contributed by atoms with E-state index in [1.807, 2.05) is 0 Å². The van der Waals surface area contributed by atoms with E-state index >= 15 is 0 Å². The smallest absolute Gasteiger partial charge is 0.273 e. The van der Waals surface area contributed by atoms with Crippen LogP contribution in [-0.4, -0.2) is 53.6 Å². The molecule has 1 aromatic heterocycles. The number of halogens is 3. The summed E-state index contributed by atoms with van der Waals surface area (Å²) in [5, 5.41) is 1.38. The van der Waals surface area contributed by atoms with Crippen LogP contribution in [0.3, 0.4) is 0 Å². The van der Waals surface area contributed by atoms with Gasteiger partial charge in [0.1, 0.15) is 5.69 Å². The zero-order chi connectivity index (χ0) is 13.4. The fraction of sp³-hybridized carbons (Fsp3) is 0.167. The third kappa shape index (κ3) is 3.09. The topological polar surface area (TPSA) is 33.2 Å². The van der Waals surface area contributed by atoms with Gasteiger partial charge in [0.2, 0.25) is 0 Å². The van der Waals surface area contributed by atoms with Crippen LogP contribution >= 0.6 is 34.8 Å². The number of nitrogens with zero attached hydrogens (tertiary/aromatic N) is 2. The summed E-state index contributed by atoms with van der Waals surface area (Å²) in [5.41, 5.74) is 0.670. The first-order valence-electron chi connectivity index (χ1n) is 5.08. The molecule has 0 saturated carbocycles. The van der Waals surface area contributed by atoms with Gasteiger partial charge >= 0.3 is 0 Å². The molecule has 100 valence electrons. The van der Waals surface area contributed by atoms with E-state index in [1.165, 1.54) is 4.90 Å². The SMILES string of the molecule is CN(C)C(=O)c1nc2cccc(Cl)c2c(Cl)c1Cl.[Te]. The molecule has 0 saturated heterocycles. The number of hydrogen-bond donors (Lipinski definition) is 0. The van der Waals surface area contributed by atoms with Gasteiger partial charge in [-0.15, -0.1) is 0 Å². The van der Waals surface area contributed by atoms with E-state index in [9.17, 15) is 4.79 Å². The first-order valence-corrected chi connectivity index (χ1v) is 6.21. The van der Waals surface area contributed by atoms with E-state index in [4.69, 9.17) is 34.8 Å². The van der Waals surface area contributed by atoms with Crippen molar-refractivity contribution in [1.82, 2.24) is 9.88 Å². The molecule has 2 rings (SSSR count). The van der Waals surface area contributed by atoms with Gasteiger partial charge in [0.05, 0.1) is 20.6 Å². The molecule has 2 radical (unpaired) electrons. The van der Waals surface area contributed by atoms with Crippen LogP contribution in [0.15, 0.2) is 18.2 Å². The maximum atomic E-state index is 11.9. The molecule has 0 aliphatic heterocycles. The van der Waals surface area contributed by atoms with Gasteiger partial charge < -0.3 is 4.90 Å². The Hall–Kier alpha value is -0.240. The molecule has 0 atom stereocenters. The summed E-state index contributed by atoms with van der Waals surface area (Å²) in [6.07, 6.45) is 0. The number of fused-ring (bicyclic) bond motifs is 1. The van der Waals surface area contributed by atoms with Gasteiger partial charge in [0.25, 0.3) is 5.91 Å². The largest absolute Gasteiger partial charge is 0.343 e. The fourth-order valence-corrected chi connectivity index (χ4v) is 2.38. The van der Waals surface area contributed by atoms with Crippen molar-refractivity contribution in [2.24, 2.45) is 0 Å². The van der Waals surface area contributed by atoms with Crippen molar-refractivity contribution in [3.05, 3.63) is 39.0 Å². The third-order valence-corrected chi connectivity index (χ3v) is 3.61. The number of carbonyl (C=O) groups is 1. The number of benzene rings is 1. The molecule has 1 heterocycles. The predicted octanol–water partition coefficient (Wildman–Crippen LogP) is 3.52. The van der Waals surface area contributed by atoms with Crippen molar-refractivity contribution in [1.29, 1.82) is 0 Å². The summed E-state index contributed by atoms with van der Waals surface area (Å²) in [6, 6.07) is 5.17. The molecule has 0 aliphatic carbocycles. The zero-order valence-corrected chi connectivity index (χ0v) is 14.7. The summed E-state index contributed by atoms with van der Waals surface area (Å²) in [4.78, 5) is 17.5. The molecule has 0 spiro atoms. The van der Waals surface area contributed by atoms with E-state index in [0.29, 0.717) is 15.9 Å². The van der Waals surface area contributed by atoms with Crippen molar-refractivity contribution in [3.63, 3.8) is 0 Å². The summed E-state index contributed by atoms with van der Waals surface area (Å²) in [5.74, 6) is -0.302. The molecule has 1 amide bonds. The molecule has 7 heteroatoms. The van der Waals surface area contributed by atoms with Gasteiger partial charge in [-0.25, -0.2) is 4.98 Å². The van der Waals surface area contributed by atoms with Crippen LogP contribution in [0.25, 0.3) is 10.9 Å². The van der Waals surface area contributed by atoms with E-state index < -0.39 is 0 Å². The monoisotopic (exact) mass is 432 g/mol. The van der Waals surface area contributed by atoms with Crippen molar-refractivity contribution in [2.45, 2.75) is 0 Å². The van der Waals surface area contributed by atoms with E-state index in [-0.39, 0.29) is 45.3 Å². The molecule has 0 bridgehead atoms. The molecule has 1 aromatic carbocycles. The summed E-state index contributed by atoms with van der Waals surface area (Å²) in [7, 11) is 3.24. The molecular weight excluding hydrogens is 422 g/mol. The second kappa shape index (κ2) is 6.47. The average molecular weight is 431 g/mol. The predicted molar refractivity (Wildman–Crippen MR) is 80.5 cm³/mol. The first-order chi connectivity index (χ1) is 8.43. The van der Waals surface area contributed by atoms with Crippen molar-refractivity contribution in [2.75, 3.05) is 14.1 Å².